The topological polar surface area (TPSA) is 79.7 Å². The maximum atomic E-state index is 11.2. The summed E-state index contributed by atoms with van der Waals surface area (Å²) in [4.78, 5) is 15.0. The number of ether oxygens (including phenoxy) is 1. The minimum Gasteiger partial charge on any atom is -0.466 e. The highest BCUT2D eigenvalue weighted by Crippen LogP contribution is 2.26. The molecule has 0 spiro atoms. The smallest absolute Gasteiger partial charge is 0.308 e. The number of aliphatic hydroxyl groups excluding tert-OH is 2. The number of esters is 1. The van der Waals surface area contributed by atoms with Crippen molar-refractivity contribution < 1.29 is 19.7 Å². The van der Waals surface area contributed by atoms with E-state index < -0.39 is 18.2 Å². The van der Waals surface area contributed by atoms with Crippen molar-refractivity contribution in [3.8, 4) is 0 Å². The SMILES string of the molecule is CCOC(=O)CC(O)C(O)c1ncc(Cl)cc1Cl. The second-order valence-corrected chi connectivity index (χ2v) is 4.39. The molecule has 5 nitrogen and oxygen atoms in total. The van der Waals surface area contributed by atoms with Crippen molar-refractivity contribution in [1.82, 2.24) is 4.98 Å². The van der Waals surface area contributed by atoms with Gasteiger partial charge in [0.2, 0.25) is 0 Å². The van der Waals surface area contributed by atoms with Crippen LogP contribution in [0.15, 0.2) is 12.3 Å². The molecule has 1 rings (SSSR count). The van der Waals surface area contributed by atoms with Gasteiger partial charge in [0, 0.05) is 6.20 Å². The second-order valence-electron chi connectivity index (χ2n) is 3.54. The summed E-state index contributed by atoms with van der Waals surface area (Å²) < 4.78 is 4.66. The van der Waals surface area contributed by atoms with Gasteiger partial charge in [-0.3, -0.25) is 9.78 Å². The number of carbonyl (C=O) groups excluding carboxylic acids is 1. The zero-order valence-electron chi connectivity index (χ0n) is 9.64. The molecule has 100 valence electrons. The van der Waals surface area contributed by atoms with Gasteiger partial charge >= 0.3 is 5.97 Å². The fraction of sp³-hybridized carbons (Fsp3) is 0.455. The highest BCUT2D eigenvalue weighted by Gasteiger charge is 2.25. The molecule has 2 N–H and O–H groups in total. The van der Waals surface area contributed by atoms with Crippen molar-refractivity contribution in [3.63, 3.8) is 0 Å². The number of nitrogens with zero attached hydrogens (tertiary/aromatic N) is 1. The lowest BCUT2D eigenvalue weighted by molar-refractivity contribution is -0.147. The molecule has 7 heteroatoms. The lowest BCUT2D eigenvalue weighted by Gasteiger charge is -2.17. The van der Waals surface area contributed by atoms with Crippen LogP contribution in [0.25, 0.3) is 0 Å². The number of halogens is 2. The van der Waals surface area contributed by atoms with Crippen LogP contribution >= 0.6 is 23.2 Å². The third-order valence-electron chi connectivity index (χ3n) is 2.16. The van der Waals surface area contributed by atoms with Gasteiger partial charge in [-0.05, 0) is 13.0 Å². The van der Waals surface area contributed by atoms with E-state index in [2.05, 4.69) is 9.72 Å². The summed E-state index contributed by atoms with van der Waals surface area (Å²) in [6.07, 6.45) is -1.76. The van der Waals surface area contributed by atoms with Crippen LogP contribution in [0.2, 0.25) is 10.0 Å². The lowest BCUT2D eigenvalue weighted by Crippen LogP contribution is -2.24. The van der Waals surface area contributed by atoms with Crippen LogP contribution in [-0.4, -0.2) is 33.9 Å². The molecule has 0 aliphatic heterocycles. The number of hydrogen-bond donors (Lipinski definition) is 2. The molecule has 0 amide bonds. The molecular weight excluding hydrogens is 281 g/mol. The third-order valence-corrected chi connectivity index (χ3v) is 2.67. The summed E-state index contributed by atoms with van der Waals surface area (Å²) in [7, 11) is 0. The monoisotopic (exact) mass is 293 g/mol. The Kier molecular flexibility index (Phi) is 5.81. The van der Waals surface area contributed by atoms with Crippen LogP contribution in [0, 0.1) is 0 Å². The summed E-state index contributed by atoms with van der Waals surface area (Å²) in [5.74, 6) is -0.603. The molecule has 0 saturated carbocycles. The van der Waals surface area contributed by atoms with Crippen molar-refractivity contribution in [2.75, 3.05) is 6.61 Å². The minimum atomic E-state index is -1.38. The summed E-state index contributed by atoms with van der Waals surface area (Å²) in [6.45, 7) is 1.86. The molecule has 0 bridgehead atoms. The van der Waals surface area contributed by atoms with Gasteiger partial charge in [-0.15, -0.1) is 0 Å². The molecule has 1 aromatic rings. The first-order valence-electron chi connectivity index (χ1n) is 5.28. The van der Waals surface area contributed by atoms with Gasteiger partial charge in [-0.2, -0.15) is 0 Å². The van der Waals surface area contributed by atoms with Gasteiger partial charge in [0.1, 0.15) is 6.10 Å². The quantitative estimate of drug-likeness (QED) is 0.809. The normalized spacial score (nSPS) is 14.1. The Hall–Kier alpha value is -0.880. The number of rotatable bonds is 5. The zero-order chi connectivity index (χ0) is 13.7. The Bertz CT molecular complexity index is 428. The van der Waals surface area contributed by atoms with E-state index >= 15 is 0 Å². The molecule has 0 fully saturated rings. The Morgan fingerprint density at radius 3 is 2.72 bits per heavy atom. The Morgan fingerprint density at radius 1 is 1.50 bits per heavy atom. The maximum Gasteiger partial charge on any atom is 0.308 e. The Labute approximate surface area is 114 Å². The number of aliphatic hydroxyl groups is 2. The summed E-state index contributed by atoms with van der Waals surface area (Å²) >= 11 is 11.5. The van der Waals surface area contributed by atoms with E-state index in [1.807, 2.05) is 0 Å². The number of aromatic nitrogens is 1. The summed E-state index contributed by atoms with van der Waals surface area (Å²) in [5.41, 5.74) is 0.0675. The molecule has 0 saturated heterocycles. The van der Waals surface area contributed by atoms with E-state index in [9.17, 15) is 15.0 Å². The van der Waals surface area contributed by atoms with Gasteiger partial charge in [0.15, 0.2) is 0 Å². The van der Waals surface area contributed by atoms with Gasteiger partial charge in [0.25, 0.3) is 0 Å². The fourth-order valence-electron chi connectivity index (χ4n) is 1.33. The van der Waals surface area contributed by atoms with Crippen molar-refractivity contribution in [3.05, 3.63) is 28.0 Å². The molecule has 18 heavy (non-hydrogen) atoms. The highest BCUT2D eigenvalue weighted by molar-refractivity contribution is 6.34. The average Bonchev–Trinajstić information content (AvgIpc) is 2.28. The van der Waals surface area contributed by atoms with E-state index in [1.54, 1.807) is 6.92 Å². The molecule has 0 aliphatic carbocycles. The van der Waals surface area contributed by atoms with Crippen LogP contribution in [0.1, 0.15) is 25.1 Å². The van der Waals surface area contributed by atoms with Crippen molar-refractivity contribution in [2.45, 2.75) is 25.6 Å². The van der Waals surface area contributed by atoms with Crippen LogP contribution < -0.4 is 0 Å². The van der Waals surface area contributed by atoms with Crippen LogP contribution in [0.5, 0.6) is 0 Å². The van der Waals surface area contributed by atoms with Crippen LogP contribution in [0.4, 0.5) is 0 Å². The molecule has 0 aromatic carbocycles. The van der Waals surface area contributed by atoms with Gasteiger partial charge in [-0.25, -0.2) is 0 Å². The Balaban J connectivity index is 2.73. The highest BCUT2D eigenvalue weighted by atomic mass is 35.5. The van der Waals surface area contributed by atoms with Crippen molar-refractivity contribution in [2.24, 2.45) is 0 Å². The third kappa shape index (κ3) is 4.10. The summed E-state index contributed by atoms with van der Waals surface area (Å²) in [5, 5.41) is 19.9. The molecule has 2 atom stereocenters. The molecule has 0 radical (unpaired) electrons. The Morgan fingerprint density at radius 2 is 2.17 bits per heavy atom. The summed E-state index contributed by atoms with van der Waals surface area (Å²) in [6, 6.07) is 1.39. The molecule has 1 heterocycles. The van der Waals surface area contributed by atoms with E-state index in [1.165, 1.54) is 12.3 Å². The van der Waals surface area contributed by atoms with Gasteiger partial charge < -0.3 is 14.9 Å². The lowest BCUT2D eigenvalue weighted by atomic mass is 10.1. The van der Waals surface area contributed by atoms with E-state index in [-0.39, 0.29) is 23.7 Å². The van der Waals surface area contributed by atoms with Crippen LogP contribution in [-0.2, 0) is 9.53 Å². The predicted molar refractivity (Wildman–Crippen MR) is 66.5 cm³/mol. The average molecular weight is 294 g/mol. The van der Waals surface area contributed by atoms with E-state index in [0.717, 1.165) is 0 Å². The number of hydrogen-bond acceptors (Lipinski definition) is 5. The molecule has 2 unspecified atom stereocenters. The standard InChI is InChI=1S/C11H13Cl2NO4/c1-2-18-9(16)4-8(15)11(17)10-7(13)3-6(12)5-14-10/h3,5,8,11,15,17H,2,4H2,1H3. The molecular formula is C11H13Cl2NO4. The predicted octanol–water partition coefficient (Wildman–Crippen LogP) is 1.74. The fourth-order valence-corrected chi connectivity index (χ4v) is 1.82. The first-order chi connectivity index (χ1) is 8.45. The zero-order valence-corrected chi connectivity index (χ0v) is 11.1. The van der Waals surface area contributed by atoms with Crippen molar-refractivity contribution >= 4 is 29.2 Å². The molecule has 1 aromatic heterocycles. The molecule has 0 aliphatic rings. The minimum absolute atomic E-state index is 0.0675. The first kappa shape index (κ1) is 15.2. The van der Waals surface area contributed by atoms with E-state index in [4.69, 9.17) is 23.2 Å². The number of carbonyl (C=O) groups is 1. The first-order valence-corrected chi connectivity index (χ1v) is 6.04. The van der Waals surface area contributed by atoms with Crippen LogP contribution in [0.3, 0.4) is 0 Å². The largest absolute Gasteiger partial charge is 0.466 e. The van der Waals surface area contributed by atoms with Gasteiger partial charge in [-0.1, -0.05) is 23.2 Å². The maximum absolute atomic E-state index is 11.2. The number of pyridine rings is 1. The van der Waals surface area contributed by atoms with Crippen molar-refractivity contribution in [1.29, 1.82) is 0 Å². The van der Waals surface area contributed by atoms with E-state index in [0.29, 0.717) is 5.02 Å². The van der Waals surface area contributed by atoms with Gasteiger partial charge in [0.05, 0.1) is 34.9 Å². The second kappa shape index (κ2) is 6.89.